The van der Waals surface area contributed by atoms with Crippen LogP contribution in [-0.2, 0) is 14.3 Å². The Kier molecular flexibility index (Phi) is 7.36. The summed E-state index contributed by atoms with van der Waals surface area (Å²) in [5.41, 5.74) is -0.363. The minimum atomic E-state index is -1.35. The number of ketones is 1. The summed E-state index contributed by atoms with van der Waals surface area (Å²) in [6, 6.07) is 0. The van der Waals surface area contributed by atoms with Crippen molar-refractivity contribution in [1.29, 1.82) is 0 Å². The van der Waals surface area contributed by atoms with Gasteiger partial charge >= 0.3 is 5.97 Å². The van der Waals surface area contributed by atoms with Crippen molar-refractivity contribution in [2.75, 3.05) is 6.61 Å². The monoisotopic (exact) mass is 488 g/mol. The lowest BCUT2D eigenvalue weighted by Crippen LogP contribution is -2.67. The molecule has 4 aliphatic carbocycles. The first-order chi connectivity index (χ1) is 16.3. The van der Waals surface area contributed by atoms with Crippen LogP contribution in [0.5, 0.6) is 0 Å². The lowest BCUT2D eigenvalue weighted by atomic mass is 9.42. The van der Waals surface area contributed by atoms with Crippen molar-refractivity contribution in [3.63, 3.8) is 0 Å². The van der Waals surface area contributed by atoms with Gasteiger partial charge in [-0.3, -0.25) is 9.59 Å². The number of fused-ring (bicyclic) bond motifs is 5. The van der Waals surface area contributed by atoms with Crippen LogP contribution in [0.15, 0.2) is 12.2 Å². The number of rotatable bonds is 7. The van der Waals surface area contributed by atoms with Crippen LogP contribution in [0.2, 0.25) is 0 Å². The summed E-state index contributed by atoms with van der Waals surface area (Å²) in [6.45, 7) is 15.2. The van der Waals surface area contributed by atoms with Gasteiger partial charge in [-0.05, 0) is 86.4 Å². The third-order valence-electron chi connectivity index (χ3n) is 11.5. The highest BCUT2D eigenvalue weighted by Crippen LogP contribution is 2.68. The maximum absolute atomic E-state index is 13.4. The fourth-order valence-corrected chi connectivity index (χ4v) is 9.22. The number of hydrogen-bond donors (Lipinski definition) is 2. The molecule has 10 atom stereocenters. The molecule has 4 fully saturated rings. The van der Waals surface area contributed by atoms with Crippen LogP contribution in [0, 0.1) is 46.3 Å². The van der Waals surface area contributed by atoms with E-state index in [1.165, 1.54) is 26.2 Å². The van der Waals surface area contributed by atoms with Gasteiger partial charge < -0.3 is 14.9 Å². The summed E-state index contributed by atoms with van der Waals surface area (Å²) < 4.78 is 5.18. The molecule has 5 nitrogen and oxygen atoms in total. The van der Waals surface area contributed by atoms with Crippen LogP contribution < -0.4 is 0 Å². The lowest BCUT2D eigenvalue weighted by molar-refractivity contribution is -0.213. The van der Waals surface area contributed by atoms with Gasteiger partial charge in [-0.15, -0.1) is 0 Å². The number of esters is 1. The smallest absolute Gasteiger partial charge is 0.302 e. The highest BCUT2D eigenvalue weighted by molar-refractivity contribution is 5.89. The first kappa shape index (κ1) is 26.9. The number of aliphatic hydroxyl groups excluding tert-OH is 1. The first-order valence-electron chi connectivity index (χ1n) is 14.1. The molecule has 0 aromatic rings. The first-order valence-corrected chi connectivity index (χ1v) is 14.1. The van der Waals surface area contributed by atoms with E-state index in [0.717, 1.165) is 31.3 Å². The summed E-state index contributed by atoms with van der Waals surface area (Å²) in [5, 5.41) is 21.8. The van der Waals surface area contributed by atoms with E-state index >= 15 is 0 Å². The number of Topliss-reactive ketones (excluding diaryl/α,β-unsaturated/α-hetero) is 1. The van der Waals surface area contributed by atoms with Crippen LogP contribution in [0.25, 0.3) is 0 Å². The normalized spacial score (nSPS) is 44.5. The highest BCUT2D eigenvalue weighted by Gasteiger charge is 2.67. The summed E-state index contributed by atoms with van der Waals surface area (Å²) >= 11 is 0. The van der Waals surface area contributed by atoms with E-state index in [4.69, 9.17) is 4.74 Å². The van der Waals surface area contributed by atoms with Gasteiger partial charge in [0.1, 0.15) is 5.60 Å². The molecular weight excluding hydrogens is 440 g/mol. The number of carbonyl (C=O) groups excluding carboxylic acids is 2. The number of hydrogen-bond acceptors (Lipinski definition) is 5. The molecule has 4 aliphatic rings. The van der Waals surface area contributed by atoms with Crippen molar-refractivity contribution < 1.29 is 24.5 Å². The fourth-order valence-electron chi connectivity index (χ4n) is 9.22. The Morgan fingerprint density at radius 3 is 2.54 bits per heavy atom. The quantitative estimate of drug-likeness (QED) is 0.367. The van der Waals surface area contributed by atoms with Gasteiger partial charge in [-0.25, -0.2) is 0 Å². The largest absolute Gasteiger partial charge is 0.465 e. The van der Waals surface area contributed by atoms with Crippen molar-refractivity contribution in [2.45, 2.75) is 111 Å². The second-order valence-electron chi connectivity index (χ2n) is 13.3. The predicted molar refractivity (Wildman–Crippen MR) is 136 cm³/mol. The van der Waals surface area contributed by atoms with Crippen molar-refractivity contribution in [2.24, 2.45) is 46.3 Å². The van der Waals surface area contributed by atoms with E-state index in [2.05, 4.69) is 34.3 Å². The van der Waals surface area contributed by atoms with Gasteiger partial charge in [0, 0.05) is 31.1 Å². The molecule has 0 saturated heterocycles. The molecule has 0 amide bonds. The topological polar surface area (TPSA) is 83.8 Å². The molecule has 0 aliphatic heterocycles. The van der Waals surface area contributed by atoms with Gasteiger partial charge in [0.2, 0.25) is 0 Å². The van der Waals surface area contributed by atoms with Gasteiger partial charge in [0.25, 0.3) is 0 Å². The molecular formula is C30H48O5. The Bertz CT molecular complexity index is 852. The molecule has 4 saturated carbocycles. The van der Waals surface area contributed by atoms with Crippen LogP contribution in [0.3, 0.4) is 0 Å². The number of aliphatic hydroxyl groups is 2. The van der Waals surface area contributed by atoms with Gasteiger partial charge in [0.05, 0.1) is 12.7 Å². The molecule has 5 heteroatoms. The molecule has 0 bridgehead atoms. The summed E-state index contributed by atoms with van der Waals surface area (Å²) in [5.74, 6) is 2.41. The minimum absolute atomic E-state index is 0.0150. The third kappa shape index (κ3) is 4.43. The highest BCUT2D eigenvalue weighted by atomic mass is 16.5. The Morgan fingerprint density at radius 1 is 1.14 bits per heavy atom. The van der Waals surface area contributed by atoms with Crippen LogP contribution in [0.4, 0.5) is 0 Å². The van der Waals surface area contributed by atoms with E-state index in [9.17, 15) is 19.8 Å². The number of carbonyl (C=O) groups is 2. The van der Waals surface area contributed by atoms with Crippen LogP contribution >= 0.6 is 0 Å². The Labute approximate surface area is 212 Å². The van der Waals surface area contributed by atoms with E-state index in [0.29, 0.717) is 49.0 Å². The van der Waals surface area contributed by atoms with Crippen LogP contribution in [-0.4, -0.2) is 40.3 Å². The molecule has 0 radical (unpaired) electrons. The molecule has 4 rings (SSSR count). The van der Waals surface area contributed by atoms with Crippen molar-refractivity contribution >= 4 is 11.8 Å². The second-order valence-corrected chi connectivity index (χ2v) is 13.3. The van der Waals surface area contributed by atoms with Gasteiger partial charge in [0.15, 0.2) is 5.78 Å². The molecule has 0 spiro atoms. The maximum atomic E-state index is 13.4. The standard InChI is InChI=1S/C30H48O5/c1-18(20(3)17-35-21(4)31)7-8-19(2)24-9-10-25-23-15-27(33)30(34)16-22(32)11-14-29(30,6)26(23)12-13-28(24,25)5/h19-20,22-26,32,34H,1,7-17H2,2-6H3/t19-,20+,22+,23+,24-,25+,26+,28-,29-,30+/m1/s1. The summed E-state index contributed by atoms with van der Waals surface area (Å²) in [7, 11) is 0. The summed E-state index contributed by atoms with van der Waals surface area (Å²) in [4.78, 5) is 24.5. The molecule has 35 heavy (non-hydrogen) atoms. The van der Waals surface area contributed by atoms with E-state index in [1.807, 2.05) is 0 Å². The zero-order valence-electron chi connectivity index (χ0n) is 22.6. The SMILES string of the molecule is C=C(CC[C@@H](C)[C@H]1CC[C@H]2[C@@H]3CC(=O)[C@@]4(O)C[C@@H](O)CC[C@]4(C)[C@H]3CC[C@]12C)[C@@H](C)COC(C)=O. The fraction of sp³-hybridized carbons (Fsp3) is 0.867. The molecule has 0 heterocycles. The van der Waals surface area contributed by atoms with E-state index < -0.39 is 17.1 Å². The molecule has 0 unspecified atom stereocenters. The third-order valence-corrected chi connectivity index (χ3v) is 11.5. The lowest BCUT2D eigenvalue weighted by Gasteiger charge is -2.63. The Morgan fingerprint density at radius 2 is 1.86 bits per heavy atom. The molecule has 198 valence electrons. The van der Waals surface area contributed by atoms with Gasteiger partial charge in [-0.2, -0.15) is 0 Å². The second kappa shape index (κ2) is 9.59. The van der Waals surface area contributed by atoms with Gasteiger partial charge in [-0.1, -0.05) is 39.8 Å². The average molecular weight is 489 g/mol. The Hall–Kier alpha value is -1.20. The van der Waals surface area contributed by atoms with Crippen molar-refractivity contribution in [1.82, 2.24) is 0 Å². The summed E-state index contributed by atoms with van der Waals surface area (Å²) in [6.07, 6.45) is 8.26. The van der Waals surface area contributed by atoms with E-state index in [-0.39, 0.29) is 29.5 Å². The molecule has 2 N–H and O–H groups in total. The van der Waals surface area contributed by atoms with E-state index in [1.54, 1.807) is 0 Å². The van der Waals surface area contributed by atoms with Crippen molar-refractivity contribution in [3.05, 3.63) is 12.2 Å². The van der Waals surface area contributed by atoms with Crippen LogP contribution in [0.1, 0.15) is 98.8 Å². The average Bonchev–Trinajstić information content (AvgIpc) is 3.15. The molecule has 0 aromatic carbocycles. The van der Waals surface area contributed by atoms with Crippen molar-refractivity contribution in [3.8, 4) is 0 Å². The zero-order valence-corrected chi connectivity index (χ0v) is 22.6. The Balaban J connectivity index is 1.44. The molecule has 0 aromatic heterocycles. The minimum Gasteiger partial charge on any atom is -0.465 e. The zero-order chi connectivity index (χ0) is 25.8. The maximum Gasteiger partial charge on any atom is 0.302 e. The predicted octanol–water partition coefficient (Wildman–Crippen LogP) is 5.47. The number of ether oxygens (including phenoxy) is 1.